The lowest BCUT2D eigenvalue weighted by molar-refractivity contribution is -0.134. The van der Waals surface area contributed by atoms with Gasteiger partial charge in [-0.1, -0.05) is 6.92 Å². The van der Waals surface area contributed by atoms with Crippen molar-refractivity contribution in [2.75, 3.05) is 18.4 Å². The van der Waals surface area contributed by atoms with E-state index in [1.165, 1.54) is 6.42 Å². The number of hydrogen-bond acceptors (Lipinski definition) is 4. The zero-order valence-corrected chi connectivity index (χ0v) is 18.2. The maximum absolute atomic E-state index is 12.5. The number of aryl methyl sites for hydroxylation is 1. The first-order chi connectivity index (χ1) is 14.0. The Hall–Kier alpha value is -2.15. The van der Waals surface area contributed by atoms with E-state index in [2.05, 4.69) is 39.2 Å². The van der Waals surface area contributed by atoms with Crippen LogP contribution in [0.3, 0.4) is 0 Å². The topological polar surface area (TPSA) is 75.4 Å². The Morgan fingerprint density at radius 2 is 2.00 bits per heavy atom. The SMILES string of the molecule is CC1CC1c1ccc(CCC(=O)N2CCC(C(=O)Nc3ccc(Br)cn3)CC2)o1. The molecule has 7 heteroatoms. The summed E-state index contributed by atoms with van der Waals surface area (Å²) in [6.45, 7) is 3.47. The maximum atomic E-state index is 12.5. The van der Waals surface area contributed by atoms with Crippen molar-refractivity contribution in [2.45, 2.75) is 44.9 Å². The number of aromatic nitrogens is 1. The smallest absolute Gasteiger partial charge is 0.228 e. The van der Waals surface area contributed by atoms with Gasteiger partial charge in [0.05, 0.1) is 0 Å². The van der Waals surface area contributed by atoms with Crippen LogP contribution in [0.5, 0.6) is 0 Å². The number of hydrogen-bond donors (Lipinski definition) is 1. The molecular weight excluding hydrogens is 434 g/mol. The molecule has 1 saturated heterocycles. The summed E-state index contributed by atoms with van der Waals surface area (Å²) in [7, 11) is 0. The number of furan rings is 1. The first-order valence-electron chi connectivity index (χ1n) is 10.3. The van der Waals surface area contributed by atoms with Gasteiger partial charge >= 0.3 is 0 Å². The zero-order chi connectivity index (χ0) is 20.4. The quantitative estimate of drug-likeness (QED) is 0.695. The molecule has 2 fully saturated rings. The number of rotatable bonds is 6. The van der Waals surface area contributed by atoms with E-state index in [0.29, 0.717) is 56.4 Å². The minimum atomic E-state index is -0.0855. The van der Waals surface area contributed by atoms with Gasteiger partial charge in [-0.25, -0.2) is 4.98 Å². The number of piperidine rings is 1. The monoisotopic (exact) mass is 459 g/mol. The van der Waals surface area contributed by atoms with Gasteiger partial charge in [0.2, 0.25) is 11.8 Å². The normalized spacial score (nSPS) is 21.8. The molecule has 1 aliphatic carbocycles. The van der Waals surface area contributed by atoms with Crippen molar-refractivity contribution in [1.82, 2.24) is 9.88 Å². The Bertz CT molecular complexity index is 872. The maximum Gasteiger partial charge on any atom is 0.228 e. The van der Waals surface area contributed by atoms with E-state index in [1.807, 2.05) is 17.0 Å². The minimum Gasteiger partial charge on any atom is -0.466 e. The summed E-state index contributed by atoms with van der Waals surface area (Å²) in [5.74, 6) is 3.81. The summed E-state index contributed by atoms with van der Waals surface area (Å²) < 4.78 is 6.77. The second-order valence-electron chi connectivity index (χ2n) is 8.13. The fourth-order valence-corrected chi connectivity index (χ4v) is 4.14. The Morgan fingerprint density at radius 3 is 2.66 bits per heavy atom. The Labute approximate surface area is 179 Å². The van der Waals surface area contributed by atoms with Gasteiger partial charge in [0.15, 0.2) is 0 Å². The highest BCUT2D eigenvalue weighted by molar-refractivity contribution is 9.10. The van der Waals surface area contributed by atoms with E-state index in [1.54, 1.807) is 12.3 Å². The van der Waals surface area contributed by atoms with Gasteiger partial charge in [0.25, 0.3) is 0 Å². The molecule has 0 radical (unpaired) electrons. The molecule has 2 aromatic rings. The van der Waals surface area contributed by atoms with Gasteiger partial charge in [-0.2, -0.15) is 0 Å². The highest BCUT2D eigenvalue weighted by Gasteiger charge is 2.36. The van der Waals surface area contributed by atoms with Crippen LogP contribution in [0, 0.1) is 11.8 Å². The third-order valence-electron chi connectivity index (χ3n) is 5.94. The van der Waals surface area contributed by atoms with E-state index < -0.39 is 0 Å². The molecule has 6 nitrogen and oxygen atoms in total. The lowest BCUT2D eigenvalue weighted by Crippen LogP contribution is -2.41. The number of anilines is 1. The molecule has 4 rings (SSSR count). The van der Waals surface area contributed by atoms with Gasteiger partial charge in [-0.05, 0) is 65.4 Å². The molecule has 1 N–H and O–H groups in total. The predicted molar refractivity (Wildman–Crippen MR) is 113 cm³/mol. The number of likely N-dealkylation sites (tertiary alicyclic amines) is 1. The number of amides is 2. The molecule has 0 bridgehead atoms. The molecule has 29 heavy (non-hydrogen) atoms. The van der Waals surface area contributed by atoms with Crippen molar-refractivity contribution in [2.24, 2.45) is 11.8 Å². The summed E-state index contributed by atoms with van der Waals surface area (Å²) >= 11 is 3.33. The lowest BCUT2D eigenvalue weighted by Gasteiger charge is -2.31. The van der Waals surface area contributed by atoms with Crippen molar-refractivity contribution >= 4 is 33.6 Å². The minimum absolute atomic E-state index is 0.0238. The van der Waals surface area contributed by atoms with Crippen molar-refractivity contribution in [3.8, 4) is 0 Å². The molecule has 2 amide bonds. The largest absolute Gasteiger partial charge is 0.466 e. The van der Waals surface area contributed by atoms with Crippen molar-refractivity contribution < 1.29 is 14.0 Å². The van der Waals surface area contributed by atoms with Crippen LogP contribution >= 0.6 is 15.9 Å². The van der Waals surface area contributed by atoms with E-state index in [9.17, 15) is 9.59 Å². The van der Waals surface area contributed by atoms with Crippen LogP contribution in [-0.4, -0.2) is 34.8 Å². The first-order valence-corrected chi connectivity index (χ1v) is 11.1. The third kappa shape index (κ3) is 5.07. The van der Waals surface area contributed by atoms with Crippen molar-refractivity contribution in [1.29, 1.82) is 0 Å². The average Bonchev–Trinajstić information content (AvgIpc) is 3.27. The molecule has 2 aliphatic rings. The van der Waals surface area contributed by atoms with Crippen LogP contribution in [0.15, 0.2) is 39.4 Å². The van der Waals surface area contributed by atoms with Crippen molar-refractivity contribution in [3.63, 3.8) is 0 Å². The fourth-order valence-electron chi connectivity index (χ4n) is 3.90. The zero-order valence-electron chi connectivity index (χ0n) is 16.6. The summed E-state index contributed by atoms with van der Waals surface area (Å²) in [4.78, 5) is 31.0. The predicted octanol–water partition coefficient (Wildman–Crippen LogP) is 4.37. The summed E-state index contributed by atoms with van der Waals surface area (Å²) in [5.41, 5.74) is 0. The molecule has 3 heterocycles. The summed E-state index contributed by atoms with van der Waals surface area (Å²) in [6, 6.07) is 7.67. The number of nitrogens with zero attached hydrogens (tertiary/aromatic N) is 2. The van der Waals surface area contributed by atoms with Crippen LogP contribution < -0.4 is 5.32 Å². The van der Waals surface area contributed by atoms with Gasteiger partial charge < -0.3 is 14.6 Å². The molecule has 154 valence electrons. The second-order valence-corrected chi connectivity index (χ2v) is 9.05. The Morgan fingerprint density at radius 1 is 1.24 bits per heavy atom. The van der Waals surface area contributed by atoms with E-state index in [-0.39, 0.29) is 17.7 Å². The summed E-state index contributed by atoms with van der Waals surface area (Å²) in [5, 5.41) is 2.86. The third-order valence-corrected chi connectivity index (χ3v) is 6.41. The fraction of sp³-hybridized carbons (Fsp3) is 0.500. The van der Waals surface area contributed by atoms with Gasteiger partial charge in [0, 0.05) is 48.4 Å². The van der Waals surface area contributed by atoms with Crippen LogP contribution in [-0.2, 0) is 16.0 Å². The van der Waals surface area contributed by atoms with E-state index in [0.717, 1.165) is 16.0 Å². The molecular formula is C22H26BrN3O3. The van der Waals surface area contributed by atoms with Gasteiger partial charge in [-0.15, -0.1) is 0 Å². The molecule has 0 spiro atoms. The van der Waals surface area contributed by atoms with E-state index >= 15 is 0 Å². The summed E-state index contributed by atoms with van der Waals surface area (Å²) in [6.07, 6.45) is 5.30. The molecule has 2 atom stereocenters. The number of pyridine rings is 1. The van der Waals surface area contributed by atoms with Crippen molar-refractivity contribution in [3.05, 3.63) is 46.5 Å². The highest BCUT2D eigenvalue weighted by atomic mass is 79.9. The number of halogens is 1. The first kappa shape index (κ1) is 20.1. The number of carbonyl (C=O) groups is 2. The molecule has 2 unspecified atom stereocenters. The highest BCUT2D eigenvalue weighted by Crippen LogP contribution is 2.47. The van der Waals surface area contributed by atoms with Gasteiger partial charge in [-0.3, -0.25) is 9.59 Å². The van der Waals surface area contributed by atoms with E-state index in [4.69, 9.17) is 4.42 Å². The van der Waals surface area contributed by atoms with Crippen LogP contribution in [0.25, 0.3) is 0 Å². The number of nitrogens with one attached hydrogen (secondary N) is 1. The Balaban J connectivity index is 1.20. The van der Waals surface area contributed by atoms with Crippen LogP contribution in [0.2, 0.25) is 0 Å². The molecule has 1 saturated carbocycles. The van der Waals surface area contributed by atoms with Crippen LogP contribution in [0.4, 0.5) is 5.82 Å². The van der Waals surface area contributed by atoms with Gasteiger partial charge in [0.1, 0.15) is 17.3 Å². The number of carbonyl (C=O) groups excluding carboxylic acids is 2. The standard InChI is InChI=1S/C22H26BrN3O3/c1-14-12-18(14)19-5-3-17(29-19)4-7-21(27)26-10-8-15(9-11-26)22(28)25-20-6-2-16(23)13-24-20/h2-3,5-6,13-15,18H,4,7-12H2,1H3,(H,24,25,28). The lowest BCUT2D eigenvalue weighted by atomic mass is 9.95. The average molecular weight is 460 g/mol. The molecule has 0 aromatic carbocycles. The van der Waals surface area contributed by atoms with Crippen LogP contribution in [0.1, 0.15) is 50.0 Å². The Kier molecular flexibility index (Phi) is 6.04. The molecule has 1 aliphatic heterocycles. The second kappa shape index (κ2) is 8.69. The molecule has 2 aromatic heterocycles.